The Hall–Kier alpha value is -1.96. The molecule has 0 unspecified atom stereocenters. The van der Waals surface area contributed by atoms with E-state index in [0.717, 1.165) is 12.3 Å². The second-order valence-corrected chi connectivity index (χ2v) is 5.31. The fraction of sp³-hybridized carbons (Fsp3) is 0.333. The highest BCUT2D eigenvalue weighted by Crippen LogP contribution is 2.22. The predicted octanol–water partition coefficient (Wildman–Crippen LogP) is 4.41. The van der Waals surface area contributed by atoms with Gasteiger partial charge in [-0.1, -0.05) is 30.3 Å². The normalized spacial score (nSPS) is 10.4. The maximum Gasteiger partial charge on any atom is 0.125 e. The summed E-state index contributed by atoms with van der Waals surface area (Å²) >= 11 is 0. The molecule has 0 saturated carbocycles. The van der Waals surface area contributed by atoms with Crippen LogP contribution in [0.15, 0.2) is 36.4 Å². The lowest BCUT2D eigenvalue weighted by molar-refractivity contribution is 0.328. The minimum Gasteiger partial charge on any atom is -0.491 e. The molecule has 2 nitrogen and oxygen atoms in total. The van der Waals surface area contributed by atoms with Gasteiger partial charge in [0.15, 0.2) is 0 Å². The van der Waals surface area contributed by atoms with Crippen LogP contribution in [0.25, 0.3) is 0 Å². The highest BCUT2D eigenvalue weighted by Gasteiger charge is 2.03. The number of para-hydroxylation sites is 1. The molecule has 106 valence electrons. The lowest BCUT2D eigenvalue weighted by Crippen LogP contribution is -2.13. The smallest absolute Gasteiger partial charge is 0.125 e. The lowest BCUT2D eigenvalue weighted by atomic mass is 10.1. The van der Waals surface area contributed by atoms with Gasteiger partial charge in [0, 0.05) is 12.2 Å². The quantitative estimate of drug-likeness (QED) is 0.812. The number of anilines is 1. The molecule has 2 heteroatoms. The van der Waals surface area contributed by atoms with E-state index >= 15 is 0 Å². The molecule has 0 aliphatic carbocycles. The highest BCUT2D eigenvalue weighted by atomic mass is 16.5. The Balaban J connectivity index is 1.89. The summed E-state index contributed by atoms with van der Waals surface area (Å²) in [6.07, 6.45) is 0. The molecule has 0 fully saturated rings. The molecule has 2 rings (SSSR count). The van der Waals surface area contributed by atoms with E-state index in [0.29, 0.717) is 6.61 Å². The maximum absolute atomic E-state index is 5.90. The van der Waals surface area contributed by atoms with Gasteiger partial charge in [-0.15, -0.1) is 0 Å². The van der Waals surface area contributed by atoms with E-state index in [2.05, 4.69) is 69.4 Å². The van der Waals surface area contributed by atoms with Crippen molar-refractivity contribution in [2.24, 2.45) is 0 Å². The number of ether oxygens (including phenoxy) is 1. The second kappa shape index (κ2) is 6.47. The largest absolute Gasteiger partial charge is 0.491 e. The van der Waals surface area contributed by atoms with Gasteiger partial charge in [-0.05, 0) is 56.0 Å². The third-order valence-corrected chi connectivity index (χ3v) is 3.47. The van der Waals surface area contributed by atoms with E-state index in [9.17, 15) is 0 Å². The Morgan fingerprint density at radius 1 is 0.900 bits per heavy atom. The summed E-state index contributed by atoms with van der Waals surface area (Å²) in [6, 6.07) is 12.7. The second-order valence-electron chi connectivity index (χ2n) is 5.31. The first-order valence-electron chi connectivity index (χ1n) is 7.08. The van der Waals surface area contributed by atoms with Crippen molar-refractivity contribution in [1.82, 2.24) is 0 Å². The van der Waals surface area contributed by atoms with Gasteiger partial charge < -0.3 is 10.1 Å². The summed E-state index contributed by atoms with van der Waals surface area (Å²) in [5.41, 5.74) is 6.11. The molecule has 0 bridgehead atoms. The molecule has 0 aliphatic heterocycles. The average molecular weight is 269 g/mol. The summed E-state index contributed by atoms with van der Waals surface area (Å²) in [6.45, 7) is 9.87. The molecular formula is C18H23NO. The third kappa shape index (κ3) is 3.53. The number of aryl methyl sites for hydroxylation is 4. The zero-order valence-electron chi connectivity index (χ0n) is 12.8. The van der Waals surface area contributed by atoms with Crippen molar-refractivity contribution in [3.63, 3.8) is 0 Å². The van der Waals surface area contributed by atoms with Crippen LogP contribution >= 0.6 is 0 Å². The number of nitrogens with one attached hydrogen (secondary N) is 1. The van der Waals surface area contributed by atoms with Crippen LogP contribution in [0.2, 0.25) is 0 Å². The van der Waals surface area contributed by atoms with Gasteiger partial charge in [0.05, 0.1) is 0 Å². The fourth-order valence-corrected chi connectivity index (χ4v) is 2.29. The minimum atomic E-state index is 0.666. The molecule has 2 aromatic rings. The highest BCUT2D eigenvalue weighted by molar-refractivity contribution is 5.52. The number of hydrogen-bond donors (Lipinski definition) is 1. The molecule has 0 saturated heterocycles. The van der Waals surface area contributed by atoms with Gasteiger partial charge in [0.25, 0.3) is 0 Å². The summed E-state index contributed by atoms with van der Waals surface area (Å²) in [7, 11) is 0. The molecule has 2 aromatic carbocycles. The zero-order valence-corrected chi connectivity index (χ0v) is 12.8. The Bertz CT molecular complexity index is 570. The van der Waals surface area contributed by atoms with Crippen LogP contribution in [-0.2, 0) is 0 Å². The van der Waals surface area contributed by atoms with E-state index in [1.807, 2.05) is 0 Å². The van der Waals surface area contributed by atoms with E-state index < -0.39 is 0 Å². The van der Waals surface area contributed by atoms with E-state index in [-0.39, 0.29) is 0 Å². The van der Waals surface area contributed by atoms with Crippen molar-refractivity contribution in [1.29, 1.82) is 0 Å². The van der Waals surface area contributed by atoms with Gasteiger partial charge in [-0.25, -0.2) is 0 Å². The Morgan fingerprint density at radius 2 is 1.60 bits per heavy atom. The molecule has 1 N–H and O–H groups in total. The summed E-state index contributed by atoms with van der Waals surface area (Å²) < 4.78 is 5.90. The zero-order chi connectivity index (χ0) is 14.5. The maximum atomic E-state index is 5.90. The van der Waals surface area contributed by atoms with Gasteiger partial charge in [0.2, 0.25) is 0 Å². The van der Waals surface area contributed by atoms with Crippen LogP contribution < -0.4 is 10.1 Å². The summed E-state index contributed by atoms with van der Waals surface area (Å²) in [5.74, 6) is 1.01. The standard InChI is InChI=1S/C18H23NO/c1-13-8-9-14(2)17(12-13)19-10-11-20-18-15(3)6-5-7-16(18)4/h5-9,12,19H,10-11H2,1-4H3. The fourth-order valence-electron chi connectivity index (χ4n) is 2.29. The van der Waals surface area contributed by atoms with Crippen LogP contribution in [-0.4, -0.2) is 13.2 Å². The number of benzene rings is 2. The Labute approximate surface area is 121 Å². The van der Waals surface area contributed by atoms with Crippen LogP contribution in [0, 0.1) is 27.7 Å². The molecular weight excluding hydrogens is 246 g/mol. The van der Waals surface area contributed by atoms with Crippen LogP contribution in [0.5, 0.6) is 5.75 Å². The van der Waals surface area contributed by atoms with Gasteiger partial charge in [-0.2, -0.15) is 0 Å². The van der Waals surface area contributed by atoms with E-state index in [1.54, 1.807) is 0 Å². The van der Waals surface area contributed by atoms with Crippen LogP contribution in [0.4, 0.5) is 5.69 Å². The number of rotatable bonds is 5. The first-order chi connectivity index (χ1) is 9.58. The first kappa shape index (κ1) is 14.4. The first-order valence-corrected chi connectivity index (χ1v) is 7.08. The van der Waals surface area contributed by atoms with Crippen molar-refractivity contribution in [3.8, 4) is 5.75 Å². The average Bonchev–Trinajstić information content (AvgIpc) is 2.41. The molecule has 0 heterocycles. The molecule has 0 spiro atoms. The van der Waals surface area contributed by atoms with Crippen molar-refractivity contribution >= 4 is 5.69 Å². The topological polar surface area (TPSA) is 21.3 Å². The Morgan fingerprint density at radius 3 is 2.30 bits per heavy atom. The number of hydrogen-bond acceptors (Lipinski definition) is 2. The molecule has 0 radical (unpaired) electrons. The Kier molecular flexibility index (Phi) is 4.67. The summed E-state index contributed by atoms with van der Waals surface area (Å²) in [5, 5.41) is 3.44. The minimum absolute atomic E-state index is 0.666. The van der Waals surface area contributed by atoms with E-state index in [4.69, 9.17) is 4.74 Å². The monoisotopic (exact) mass is 269 g/mol. The molecule has 0 atom stereocenters. The van der Waals surface area contributed by atoms with Crippen LogP contribution in [0.3, 0.4) is 0 Å². The summed E-state index contributed by atoms with van der Waals surface area (Å²) in [4.78, 5) is 0. The van der Waals surface area contributed by atoms with Crippen molar-refractivity contribution in [2.45, 2.75) is 27.7 Å². The van der Waals surface area contributed by atoms with Crippen molar-refractivity contribution in [2.75, 3.05) is 18.5 Å². The van der Waals surface area contributed by atoms with Gasteiger partial charge in [-0.3, -0.25) is 0 Å². The predicted molar refractivity (Wildman–Crippen MR) is 85.8 cm³/mol. The third-order valence-electron chi connectivity index (χ3n) is 3.47. The van der Waals surface area contributed by atoms with Gasteiger partial charge in [0.1, 0.15) is 12.4 Å². The van der Waals surface area contributed by atoms with Gasteiger partial charge >= 0.3 is 0 Å². The molecule has 0 aromatic heterocycles. The van der Waals surface area contributed by atoms with Crippen molar-refractivity contribution < 1.29 is 4.74 Å². The van der Waals surface area contributed by atoms with E-state index in [1.165, 1.54) is 27.9 Å². The molecule has 20 heavy (non-hydrogen) atoms. The SMILES string of the molecule is Cc1ccc(C)c(NCCOc2c(C)cccc2C)c1. The molecule has 0 amide bonds. The lowest BCUT2D eigenvalue weighted by Gasteiger charge is -2.14. The van der Waals surface area contributed by atoms with Crippen LogP contribution in [0.1, 0.15) is 22.3 Å². The van der Waals surface area contributed by atoms with Crippen molar-refractivity contribution in [3.05, 3.63) is 58.7 Å². The molecule has 0 aliphatic rings.